The zero-order chi connectivity index (χ0) is 18.7. The Morgan fingerprint density at radius 1 is 1.19 bits per heavy atom. The second kappa shape index (κ2) is 7.47. The van der Waals surface area contributed by atoms with Crippen molar-refractivity contribution in [3.63, 3.8) is 0 Å². The molecule has 0 bridgehead atoms. The van der Waals surface area contributed by atoms with Crippen LogP contribution in [-0.4, -0.2) is 35.1 Å². The molecule has 26 heavy (non-hydrogen) atoms. The van der Waals surface area contributed by atoms with E-state index in [2.05, 4.69) is 39.3 Å². The highest BCUT2D eigenvalue weighted by Gasteiger charge is 2.22. The smallest absolute Gasteiger partial charge is 0.339 e. The average molecular weight is 353 g/mol. The number of rotatable bonds is 6. The molecule has 0 radical (unpaired) electrons. The lowest BCUT2D eigenvalue weighted by atomic mass is 10.1. The van der Waals surface area contributed by atoms with Crippen LogP contribution in [0.4, 0.5) is 0 Å². The van der Waals surface area contributed by atoms with E-state index >= 15 is 0 Å². The molecule has 2 N–H and O–H groups in total. The number of methoxy groups -OCH3 is 1. The molecule has 0 unspecified atom stereocenters. The molecule has 0 atom stereocenters. The molecule has 136 valence electrons. The first-order chi connectivity index (χ1) is 12.5. The molecule has 0 saturated carbocycles. The average Bonchev–Trinajstić information content (AvgIpc) is 3.18. The highest BCUT2D eigenvalue weighted by molar-refractivity contribution is 6.00. The number of nitrogens with one attached hydrogen (secondary N) is 2. The molecule has 6 heteroatoms. The lowest BCUT2D eigenvalue weighted by Crippen LogP contribution is -2.26. The van der Waals surface area contributed by atoms with Gasteiger partial charge < -0.3 is 19.6 Å². The number of esters is 1. The fraction of sp³-hybridized carbons (Fsp3) is 0.300. The number of carbonyl (C=O) groups excluding carboxylic acids is 2. The maximum absolute atomic E-state index is 12.4. The first-order valence-electron chi connectivity index (χ1n) is 8.62. The minimum absolute atomic E-state index is 0.210. The molecule has 0 aliphatic rings. The zero-order valence-corrected chi connectivity index (χ0v) is 15.3. The Labute approximate surface area is 152 Å². The van der Waals surface area contributed by atoms with Gasteiger partial charge in [0.15, 0.2) is 0 Å². The summed E-state index contributed by atoms with van der Waals surface area (Å²) in [6.45, 7) is 4.88. The predicted octanol–water partition coefficient (Wildman–Crippen LogP) is 3.19. The Morgan fingerprint density at radius 2 is 1.96 bits per heavy atom. The molecule has 0 fully saturated rings. The van der Waals surface area contributed by atoms with Gasteiger partial charge in [0.25, 0.3) is 5.91 Å². The number of ether oxygens (including phenoxy) is 1. The number of carbonyl (C=O) groups is 2. The Morgan fingerprint density at radius 3 is 2.73 bits per heavy atom. The molecule has 0 aliphatic carbocycles. The second-order valence-corrected chi connectivity index (χ2v) is 6.29. The van der Waals surface area contributed by atoms with Gasteiger partial charge in [-0.05, 0) is 43.4 Å². The summed E-state index contributed by atoms with van der Waals surface area (Å²) in [6, 6.07) is 10.3. The van der Waals surface area contributed by atoms with Crippen LogP contribution in [0.5, 0.6) is 0 Å². The van der Waals surface area contributed by atoms with Crippen LogP contribution < -0.4 is 5.32 Å². The summed E-state index contributed by atoms with van der Waals surface area (Å²) >= 11 is 0. The Balaban J connectivity index is 1.59. The first kappa shape index (κ1) is 17.8. The van der Waals surface area contributed by atoms with E-state index < -0.39 is 5.97 Å². The van der Waals surface area contributed by atoms with Crippen molar-refractivity contribution >= 4 is 22.8 Å². The predicted molar refractivity (Wildman–Crippen MR) is 100 cm³/mol. The minimum atomic E-state index is -0.435. The van der Waals surface area contributed by atoms with Crippen LogP contribution in [0.2, 0.25) is 0 Å². The molecule has 1 amide bonds. The third-order valence-corrected chi connectivity index (χ3v) is 4.60. The number of H-pyrrole nitrogens is 1. The van der Waals surface area contributed by atoms with E-state index in [0.717, 1.165) is 13.0 Å². The molecular formula is C20H23N3O3. The molecule has 6 nitrogen and oxygen atoms in total. The Hall–Kier alpha value is -3.02. The van der Waals surface area contributed by atoms with Gasteiger partial charge in [0.2, 0.25) is 0 Å². The first-order valence-corrected chi connectivity index (χ1v) is 8.62. The highest BCUT2D eigenvalue weighted by atomic mass is 16.5. The van der Waals surface area contributed by atoms with Crippen LogP contribution in [-0.2, 0) is 11.3 Å². The van der Waals surface area contributed by atoms with Crippen molar-refractivity contribution in [1.29, 1.82) is 0 Å². The van der Waals surface area contributed by atoms with Crippen molar-refractivity contribution in [2.24, 2.45) is 0 Å². The van der Waals surface area contributed by atoms with Gasteiger partial charge >= 0.3 is 5.97 Å². The number of para-hydroxylation sites is 1. The van der Waals surface area contributed by atoms with Gasteiger partial charge in [0.05, 0.1) is 12.7 Å². The van der Waals surface area contributed by atoms with Crippen molar-refractivity contribution in [3.05, 3.63) is 59.0 Å². The summed E-state index contributed by atoms with van der Waals surface area (Å²) in [5.41, 5.74) is 3.28. The van der Waals surface area contributed by atoms with Gasteiger partial charge in [0, 0.05) is 30.5 Å². The van der Waals surface area contributed by atoms with E-state index in [1.54, 1.807) is 13.8 Å². The van der Waals surface area contributed by atoms with E-state index in [9.17, 15) is 9.59 Å². The number of hydrogen-bond acceptors (Lipinski definition) is 3. The lowest BCUT2D eigenvalue weighted by molar-refractivity contribution is 0.0599. The fourth-order valence-corrected chi connectivity index (χ4v) is 3.26. The van der Waals surface area contributed by atoms with Crippen LogP contribution >= 0.6 is 0 Å². The molecule has 0 spiro atoms. The number of amides is 1. The summed E-state index contributed by atoms with van der Waals surface area (Å²) in [4.78, 5) is 27.2. The molecule has 1 aromatic carbocycles. The summed E-state index contributed by atoms with van der Waals surface area (Å²) < 4.78 is 6.95. The van der Waals surface area contributed by atoms with Gasteiger partial charge in [-0.25, -0.2) is 4.79 Å². The van der Waals surface area contributed by atoms with Gasteiger partial charge in [-0.15, -0.1) is 0 Å². The van der Waals surface area contributed by atoms with Crippen molar-refractivity contribution < 1.29 is 14.3 Å². The van der Waals surface area contributed by atoms with Crippen LogP contribution in [0.15, 0.2) is 36.5 Å². The number of aryl methyl sites for hydroxylation is 2. The summed E-state index contributed by atoms with van der Waals surface area (Å²) in [7, 11) is 1.33. The van der Waals surface area contributed by atoms with Crippen LogP contribution in [0.1, 0.15) is 38.5 Å². The normalized spacial score (nSPS) is 10.9. The van der Waals surface area contributed by atoms with E-state index in [1.807, 2.05) is 12.1 Å². The number of benzene rings is 1. The van der Waals surface area contributed by atoms with Crippen molar-refractivity contribution in [1.82, 2.24) is 14.9 Å². The topological polar surface area (TPSA) is 76.1 Å². The number of nitrogens with zero attached hydrogens (tertiary/aromatic N) is 1. The zero-order valence-electron chi connectivity index (χ0n) is 15.3. The quantitative estimate of drug-likeness (QED) is 0.528. The Bertz CT molecular complexity index is 953. The van der Waals surface area contributed by atoms with E-state index in [-0.39, 0.29) is 5.91 Å². The van der Waals surface area contributed by atoms with Gasteiger partial charge in [-0.1, -0.05) is 18.2 Å². The number of aromatic nitrogens is 2. The third kappa shape index (κ3) is 3.35. The summed E-state index contributed by atoms with van der Waals surface area (Å²) in [5.74, 6) is -0.645. The molecule has 0 aliphatic heterocycles. The molecule has 0 saturated heterocycles. The number of aromatic amines is 1. The second-order valence-electron chi connectivity index (χ2n) is 6.29. The molecule has 2 aromatic heterocycles. The van der Waals surface area contributed by atoms with Gasteiger partial charge in [-0.2, -0.15) is 0 Å². The molecule has 3 rings (SSSR count). The van der Waals surface area contributed by atoms with Crippen molar-refractivity contribution in [2.45, 2.75) is 26.8 Å². The van der Waals surface area contributed by atoms with Gasteiger partial charge in [0.1, 0.15) is 5.69 Å². The molecule has 3 aromatic rings. The van der Waals surface area contributed by atoms with Gasteiger partial charge in [-0.3, -0.25) is 4.79 Å². The van der Waals surface area contributed by atoms with Crippen molar-refractivity contribution in [3.8, 4) is 0 Å². The van der Waals surface area contributed by atoms with Crippen LogP contribution in [0.3, 0.4) is 0 Å². The monoisotopic (exact) mass is 353 g/mol. The maximum atomic E-state index is 12.4. The summed E-state index contributed by atoms with van der Waals surface area (Å²) in [5, 5.41) is 4.12. The third-order valence-electron chi connectivity index (χ3n) is 4.60. The van der Waals surface area contributed by atoms with Crippen LogP contribution in [0.25, 0.3) is 10.9 Å². The SMILES string of the molecule is COC(=O)c1c(C)[nH]c(C(=O)NCCCn2ccc3ccccc32)c1C. The lowest BCUT2D eigenvalue weighted by Gasteiger charge is -2.07. The van der Waals surface area contributed by atoms with E-state index in [4.69, 9.17) is 4.74 Å². The molecular weight excluding hydrogens is 330 g/mol. The Kier molecular flexibility index (Phi) is 5.11. The minimum Gasteiger partial charge on any atom is -0.465 e. The van der Waals surface area contributed by atoms with Crippen LogP contribution in [0, 0.1) is 13.8 Å². The molecule has 2 heterocycles. The number of fused-ring (bicyclic) bond motifs is 1. The maximum Gasteiger partial charge on any atom is 0.339 e. The van der Waals surface area contributed by atoms with E-state index in [1.165, 1.54) is 18.0 Å². The van der Waals surface area contributed by atoms with Crippen molar-refractivity contribution in [2.75, 3.05) is 13.7 Å². The summed E-state index contributed by atoms with van der Waals surface area (Å²) in [6.07, 6.45) is 2.88. The van der Waals surface area contributed by atoms with E-state index in [0.29, 0.717) is 29.1 Å². The largest absolute Gasteiger partial charge is 0.465 e. The highest BCUT2D eigenvalue weighted by Crippen LogP contribution is 2.19. The standard InChI is InChI=1S/C20H23N3O3/c1-13-17(20(25)26-3)14(2)22-18(13)19(24)21-10-6-11-23-12-9-15-7-4-5-8-16(15)23/h4-5,7-9,12,22H,6,10-11H2,1-3H3,(H,21,24). The number of hydrogen-bond donors (Lipinski definition) is 2. The fourth-order valence-electron chi connectivity index (χ4n) is 3.26.